The molecule has 0 saturated heterocycles. The van der Waals surface area contributed by atoms with Crippen molar-refractivity contribution in [2.24, 2.45) is 0 Å². The van der Waals surface area contributed by atoms with Gasteiger partial charge in [0.1, 0.15) is 0 Å². The molecular weight excluding hydrogens is 112 g/mol. The molecule has 0 unspecified atom stereocenters. The average Bonchev–Trinajstić information content (AvgIpc) is 2.34. The number of hydrogen-bond donors (Lipinski definition) is 0. The van der Waals surface area contributed by atoms with Crippen molar-refractivity contribution in [1.82, 2.24) is 4.90 Å². The summed E-state index contributed by atoms with van der Waals surface area (Å²) in [7, 11) is 0. The normalized spacial score (nSPS) is 16.1. The van der Waals surface area contributed by atoms with E-state index in [1.165, 1.54) is 0 Å². The third-order valence-corrected chi connectivity index (χ3v) is 1.41. The van der Waals surface area contributed by atoms with E-state index in [1.54, 1.807) is 0 Å². The third kappa shape index (κ3) is 1.77. The van der Waals surface area contributed by atoms with Gasteiger partial charge >= 0.3 is 0 Å². The maximum atomic E-state index is 8.23. The van der Waals surface area contributed by atoms with Gasteiger partial charge in [0.2, 0.25) is 0 Å². The van der Waals surface area contributed by atoms with E-state index in [2.05, 4.69) is 23.2 Å². The summed E-state index contributed by atoms with van der Waals surface area (Å²) in [6.07, 6.45) is 5.99. The number of rotatable bonds is 2. The molecule has 1 aliphatic rings. The summed E-state index contributed by atoms with van der Waals surface area (Å²) in [6, 6.07) is 2.12. The van der Waals surface area contributed by atoms with Gasteiger partial charge in [-0.3, -0.25) is 0 Å². The molecular formula is C7H10N2. The van der Waals surface area contributed by atoms with Crippen LogP contribution in [0.5, 0.6) is 0 Å². The van der Waals surface area contributed by atoms with E-state index in [1.807, 2.05) is 0 Å². The fourth-order valence-electron chi connectivity index (χ4n) is 0.918. The SMILES string of the molecule is N#CCCN1C=CCC1. The van der Waals surface area contributed by atoms with E-state index < -0.39 is 0 Å². The summed E-state index contributed by atoms with van der Waals surface area (Å²) in [5.41, 5.74) is 0. The lowest BCUT2D eigenvalue weighted by atomic mass is 10.4. The molecule has 0 atom stereocenters. The minimum absolute atomic E-state index is 0.643. The van der Waals surface area contributed by atoms with Crippen LogP contribution in [0.15, 0.2) is 12.3 Å². The fraction of sp³-hybridized carbons (Fsp3) is 0.571. The van der Waals surface area contributed by atoms with Gasteiger partial charge in [0.05, 0.1) is 12.5 Å². The molecule has 0 N–H and O–H groups in total. The van der Waals surface area contributed by atoms with Gasteiger partial charge < -0.3 is 4.90 Å². The molecule has 0 saturated carbocycles. The lowest BCUT2D eigenvalue weighted by molar-refractivity contribution is 0.416. The molecule has 0 radical (unpaired) electrons. The van der Waals surface area contributed by atoms with Crippen molar-refractivity contribution in [2.75, 3.05) is 13.1 Å². The standard InChI is InChI=1S/C7H10N2/c8-4-3-7-9-5-1-2-6-9/h1,5H,2-3,6-7H2. The summed E-state index contributed by atoms with van der Waals surface area (Å²) in [4.78, 5) is 2.17. The molecule has 0 aromatic carbocycles. The quantitative estimate of drug-likeness (QED) is 0.548. The fourth-order valence-corrected chi connectivity index (χ4v) is 0.918. The van der Waals surface area contributed by atoms with Gasteiger partial charge in [-0.25, -0.2) is 0 Å². The lowest BCUT2D eigenvalue weighted by Gasteiger charge is -2.11. The van der Waals surface area contributed by atoms with E-state index in [4.69, 9.17) is 5.26 Å². The Morgan fingerprint density at radius 1 is 1.67 bits per heavy atom. The highest BCUT2D eigenvalue weighted by Gasteiger charge is 2.01. The molecule has 0 fully saturated rings. The number of nitrogens with zero attached hydrogens (tertiary/aromatic N) is 2. The van der Waals surface area contributed by atoms with Crippen LogP contribution >= 0.6 is 0 Å². The van der Waals surface area contributed by atoms with Gasteiger partial charge in [0.15, 0.2) is 0 Å². The Labute approximate surface area is 55.4 Å². The van der Waals surface area contributed by atoms with Gasteiger partial charge in [-0.2, -0.15) is 5.26 Å². The van der Waals surface area contributed by atoms with E-state index in [0.29, 0.717) is 6.42 Å². The van der Waals surface area contributed by atoms with Crippen molar-refractivity contribution in [2.45, 2.75) is 12.8 Å². The topological polar surface area (TPSA) is 27.0 Å². The molecule has 0 amide bonds. The van der Waals surface area contributed by atoms with E-state index in [0.717, 1.165) is 19.5 Å². The van der Waals surface area contributed by atoms with Crippen LogP contribution in [0, 0.1) is 11.3 Å². The summed E-state index contributed by atoms with van der Waals surface area (Å²) >= 11 is 0. The molecule has 0 spiro atoms. The molecule has 1 heterocycles. The first-order chi connectivity index (χ1) is 4.43. The van der Waals surface area contributed by atoms with Crippen molar-refractivity contribution >= 4 is 0 Å². The molecule has 0 bridgehead atoms. The minimum Gasteiger partial charge on any atom is -0.376 e. The zero-order valence-corrected chi connectivity index (χ0v) is 5.38. The summed E-state index contributed by atoms with van der Waals surface area (Å²) < 4.78 is 0. The van der Waals surface area contributed by atoms with Crippen molar-refractivity contribution in [3.8, 4) is 6.07 Å². The summed E-state index contributed by atoms with van der Waals surface area (Å²) in [5, 5.41) is 8.23. The van der Waals surface area contributed by atoms with E-state index in [9.17, 15) is 0 Å². The molecule has 0 aliphatic carbocycles. The van der Waals surface area contributed by atoms with Crippen molar-refractivity contribution < 1.29 is 0 Å². The van der Waals surface area contributed by atoms with Crippen molar-refractivity contribution in [3.63, 3.8) is 0 Å². The molecule has 1 rings (SSSR count). The van der Waals surface area contributed by atoms with E-state index >= 15 is 0 Å². The molecule has 1 aliphatic heterocycles. The summed E-state index contributed by atoms with van der Waals surface area (Å²) in [5.74, 6) is 0. The second-order valence-electron chi connectivity index (χ2n) is 2.12. The van der Waals surface area contributed by atoms with Gasteiger partial charge in [-0.15, -0.1) is 0 Å². The molecule has 9 heavy (non-hydrogen) atoms. The first-order valence-corrected chi connectivity index (χ1v) is 3.21. The highest BCUT2D eigenvalue weighted by Crippen LogP contribution is 2.03. The van der Waals surface area contributed by atoms with Crippen LogP contribution in [-0.2, 0) is 0 Å². The summed E-state index contributed by atoms with van der Waals surface area (Å²) in [6.45, 7) is 1.99. The van der Waals surface area contributed by atoms with Crippen LogP contribution in [0.1, 0.15) is 12.8 Å². The van der Waals surface area contributed by atoms with Crippen LogP contribution in [0.2, 0.25) is 0 Å². The van der Waals surface area contributed by atoms with Crippen LogP contribution in [-0.4, -0.2) is 18.0 Å². The van der Waals surface area contributed by atoms with Crippen LogP contribution in [0.3, 0.4) is 0 Å². The predicted molar refractivity (Wildman–Crippen MR) is 35.6 cm³/mol. The number of nitriles is 1. The Kier molecular flexibility index (Phi) is 2.14. The molecule has 48 valence electrons. The average molecular weight is 122 g/mol. The Morgan fingerprint density at radius 2 is 2.56 bits per heavy atom. The highest BCUT2D eigenvalue weighted by molar-refractivity contribution is 4.91. The number of hydrogen-bond acceptors (Lipinski definition) is 2. The third-order valence-electron chi connectivity index (χ3n) is 1.41. The first kappa shape index (κ1) is 6.15. The lowest BCUT2D eigenvalue weighted by Crippen LogP contribution is -2.14. The first-order valence-electron chi connectivity index (χ1n) is 3.21. The van der Waals surface area contributed by atoms with Crippen molar-refractivity contribution in [1.29, 1.82) is 5.26 Å². The second-order valence-corrected chi connectivity index (χ2v) is 2.12. The Bertz CT molecular complexity index is 143. The predicted octanol–water partition coefficient (Wildman–Crippen LogP) is 1.12. The zero-order chi connectivity index (χ0) is 6.53. The van der Waals surface area contributed by atoms with Gasteiger partial charge in [0, 0.05) is 13.1 Å². The monoisotopic (exact) mass is 122 g/mol. The largest absolute Gasteiger partial charge is 0.376 e. The van der Waals surface area contributed by atoms with Gasteiger partial charge in [-0.1, -0.05) is 6.08 Å². The van der Waals surface area contributed by atoms with Gasteiger partial charge in [0.25, 0.3) is 0 Å². The van der Waals surface area contributed by atoms with Crippen molar-refractivity contribution in [3.05, 3.63) is 12.3 Å². The Balaban J connectivity index is 2.14. The molecule has 2 heteroatoms. The maximum absolute atomic E-state index is 8.23. The Hall–Kier alpha value is -0.970. The minimum atomic E-state index is 0.643. The maximum Gasteiger partial charge on any atom is 0.0640 e. The molecule has 2 nitrogen and oxygen atoms in total. The molecule has 0 aromatic heterocycles. The van der Waals surface area contributed by atoms with Crippen LogP contribution < -0.4 is 0 Å². The highest BCUT2D eigenvalue weighted by atomic mass is 15.1. The smallest absolute Gasteiger partial charge is 0.0640 e. The second kappa shape index (κ2) is 3.13. The molecule has 0 aromatic rings. The van der Waals surface area contributed by atoms with Crippen LogP contribution in [0.25, 0.3) is 0 Å². The zero-order valence-electron chi connectivity index (χ0n) is 5.38. The van der Waals surface area contributed by atoms with E-state index in [-0.39, 0.29) is 0 Å². The van der Waals surface area contributed by atoms with Crippen LogP contribution in [0.4, 0.5) is 0 Å². The van der Waals surface area contributed by atoms with Gasteiger partial charge in [-0.05, 0) is 12.6 Å². The Morgan fingerprint density at radius 3 is 3.11 bits per heavy atom.